The molecular weight excluding hydrogens is 286 g/mol. The van der Waals surface area contributed by atoms with Crippen LogP contribution in [-0.4, -0.2) is 29.2 Å². The summed E-state index contributed by atoms with van der Waals surface area (Å²) in [7, 11) is 0. The minimum Gasteiger partial charge on any atom is -0.454 e. The van der Waals surface area contributed by atoms with Gasteiger partial charge in [-0.3, -0.25) is 4.79 Å². The number of hydrogen-bond acceptors (Lipinski definition) is 7. The van der Waals surface area contributed by atoms with E-state index in [4.69, 9.17) is 9.47 Å². The Kier molecular flexibility index (Phi) is 2.75. The molecule has 8 heteroatoms. The zero-order valence-corrected chi connectivity index (χ0v) is 11.8. The maximum Gasteiger partial charge on any atom is 0.243 e. The van der Waals surface area contributed by atoms with Crippen molar-refractivity contribution in [1.82, 2.24) is 9.97 Å². The number of carbonyl (C=O) groups excluding carboxylic acids is 1. The monoisotopic (exact) mass is 299 g/mol. The van der Waals surface area contributed by atoms with Crippen LogP contribution in [-0.2, 0) is 4.79 Å². The molecule has 0 spiro atoms. The molecule has 0 aliphatic carbocycles. The van der Waals surface area contributed by atoms with Crippen LogP contribution < -0.4 is 25.4 Å². The van der Waals surface area contributed by atoms with Gasteiger partial charge in [-0.15, -0.1) is 0 Å². The van der Waals surface area contributed by atoms with E-state index in [0.717, 1.165) is 17.0 Å². The Morgan fingerprint density at radius 1 is 1.27 bits per heavy atom. The molecule has 1 aromatic heterocycles. The molecule has 3 N–H and O–H groups in total. The zero-order valence-electron chi connectivity index (χ0n) is 11.8. The normalized spacial score (nSPS) is 14.9. The summed E-state index contributed by atoms with van der Waals surface area (Å²) in [5.41, 5.74) is 2.40. The van der Waals surface area contributed by atoms with E-state index in [1.807, 2.05) is 19.1 Å². The van der Waals surface area contributed by atoms with Gasteiger partial charge in [0.2, 0.25) is 18.6 Å². The molecule has 0 radical (unpaired) electrons. The minimum absolute atomic E-state index is 0.108. The quantitative estimate of drug-likeness (QED) is 0.775. The van der Waals surface area contributed by atoms with Crippen molar-refractivity contribution in [1.29, 1.82) is 0 Å². The van der Waals surface area contributed by atoms with Gasteiger partial charge in [0.1, 0.15) is 5.69 Å². The van der Waals surface area contributed by atoms with Crippen LogP contribution in [0.4, 0.5) is 23.1 Å². The van der Waals surface area contributed by atoms with Crippen LogP contribution in [0.2, 0.25) is 0 Å². The van der Waals surface area contributed by atoms with Crippen LogP contribution in [0.5, 0.6) is 11.5 Å². The second kappa shape index (κ2) is 4.76. The Morgan fingerprint density at radius 3 is 2.95 bits per heavy atom. The summed E-state index contributed by atoms with van der Waals surface area (Å²) in [6.07, 6.45) is 1.57. The molecule has 4 rings (SSSR count). The van der Waals surface area contributed by atoms with Gasteiger partial charge in [-0.2, -0.15) is 4.98 Å². The number of benzene rings is 1. The number of hydrogen-bond donors (Lipinski definition) is 3. The smallest absolute Gasteiger partial charge is 0.243 e. The number of aryl methyl sites for hydroxylation is 1. The largest absolute Gasteiger partial charge is 0.454 e. The van der Waals surface area contributed by atoms with Crippen molar-refractivity contribution in [3.05, 3.63) is 23.9 Å². The van der Waals surface area contributed by atoms with Gasteiger partial charge in [0.25, 0.3) is 0 Å². The van der Waals surface area contributed by atoms with Crippen LogP contribution in [0.3, 0.4) is 0 Å². The highest BCUT2D eigenvalue weighted by atomic mass is 16.7. The summed E-state index contributed by atoms with van der Waals surface area (Å²) >= 11 is 0. The SMILES string of the molecule is Cc1cc2c(cc1Nc1ncc3c(n1)NCC(=O)N3)OCO2. The number of nitrogens with zero attached hydrogens (tertiary/aromatic N) is 2. The molecule has 2 aliphatic rings. The fourth-order valence-corrected chi connectivity index (χ4v) is 2.33. The molecule has 1 aromatic carbocycles. The number of ether oxygens (including phenoxy) is 2. The molecule has 0 atom stereocenters. The predicted octanol–water partition coefficient (Wildman–Crippen LogP) is 1.62. The van der Waals surface area contributed by atoms with Crippen LogP contribution >= 0.6 is 0 Å². The number of fused-ring (bicyclic) bond motifs is 2. The average Bonchev–Trinajstić information content (AvgIpc) is 2.95. The topological polar surface area (TPSA) is 97.4 Å². The fraction of sp³-hybridized carbons (Fsp3) is 0.214. The van der Waals surface area contributed by atoms with Gasteiger partial charge >= 0.3 is 0 Å². The lowest BCUT2D eigenvalue weighted by Gasteiger charge is -2.18. The highest BCUT2D eigenvalue weighted by molar-refractivity contribution is 5.99. The Labute approximate surface area is 125 Å². The van der Waals surface area contributed by atoms with Gasteiger partial charge in [-0.1, -0.05) is 0 Å². The molecule has 112 valence electrons. The summed E-state index contributed by atoms with van der Waals surface area (Å²) in [6, 6.07) is 3.76. The van der Waals surface area contributed by atoms with Crippen molar-refractivity contribution in [3.63, 3.8) is 0 Å². The highest BCUT2D eigenvalue weighted by Gasteiger charge is 2.18. The van der Waals surface area contributed by atoms with E-state index in [1.165, 1.54) is 0 Å². The van der Waals surface area contributed by atoms with Gasteiger partial charge < -0.3 is 25.4 Å². The Bertz CT molecular complexity index is 777. The molecule has 2 aromatic rings. The first-order valence-corrected chi connectivity index (χ1v) is 6.77. The Hall–Kier alpha value is -3.03. The van der Waals surface area contributed by atoms with E-state index >= 15 is 0 Å². The molecule has 0 unspecified atom stereocenters. The van der Waals surface area contributed by atoms with E-state index in [9.17, 15) is 4.79 Å². The third-order valence-electron chi connectivity index (χ3n) is 3.45. The lowest BCUT2D eigenvalue weighted by atomic mass is 10.2. The van der Waals surface area contributed by atoms with Crippen molar-refractivity contribution in [3.8, 4) is 11.5 Å². The first-order valence-electron chi connectivity index (χ1n) is 6.77. The van der Waals surface area contributed by atoms with Crippen LogP contribution in [0.1, 0.15) is 5.56 Å². The first kappa shape index (κ1) is 12.7. The molecule has 2 aliphatic heterocycles. The first-order chi connectivity index (χ1) is 10.7. The molecule has 0 saturated heterocycles. The number of nitrogens with one attached hydrogen (secondary N) is 3. The molecular formula is C14H13N5O3. The molecule has 8 nitrogen and oxygen atoms in total. The maximum atomic E-state index is 11.3. The number of aromatic nitrogens is 2. The van der Waals surface area contributed by atoms with Gasteiger partial charge in [0, 0.05) is 11.8 Å². The number of amides is 1. The highest BCUT2D eigenvalue weighted by Crippen LogP contribution is 2.37. The number of anilines is 4. The van der Waals surface area contributed by atoms with Crippen molar-refractivity contribution >= 4 is 29.0 Å². The van der Waals surface area contributed by atoms with Gasteiger partial charge in [0.05, 0.1) is 12.7 Å². The zero-order chi connectivity index (χ0) is 15.1. The van der Waals surface area contributed by atoms with Crippen molar-refractivity contribution in [2.75, 3.05) is 29.3 Å². The molecule has 0 saturated carbocycles. The fourth-order valence-electron chi connectivity index (χ4n) is 2.33. The number of carbonyl (C=O) groups is 1. The summed E-state index contributed by atoms with van der Waals surface area (Å²) in [5.74, 6) is 2.35. The predicted molar refractivity (Wildman–Crippen MR) is 79.7 cm³/mol. The van der Waals surface area contributed by atoms with Gasteiger partial charge in [-0.25, -0.2) is 4.98 Å². The van der Waals surface area contributed by atoms with E-state index in [0.29, 0.717) is 23.2 Å². The van der Waals surface area contributed by atoms with Crippen molar-refractivity contribution < 1.29 is 14.3 Å². The molecule has 0 bridgehead atoms. The Balaban J connectivity index is 1.63. The van der Waals surface area contributed by atoms with Crippen molar-refractivity contribution in [2.24, 2.45) is 0 Å². The summed E-state index contributed by atoms with van der Waals surface area (Å²) < 4.78 is 10.7. The van der Waals surface area contributed by atoms with Crippen LogP contribution in [0, 0.1) is 6.92 Å². The molecule has 3 heterocycles. The molecule has 1 amide bonds. The second-order valence-electron chi connectivity index (χ2n) is 5.00. The van der Waals surface area contributed by atoms with E-state index in [1.54, 1.807) is 6.20 Å². The lowest BCUT2D eigenvalue weighted by Crippen LogP contribution is -2.28. The third-order valence-corrected chi connectivity index (χ3v) is 3.45. The van der Waals surface area contributed by atoms with E-state index in [2.05, 4.69) is 25.9 Å². The lowest BCUT2D eigenvalue weighted by molar-refractivity contribution is -0.114. The number of rotatable bonds is 2. The Morgan fingerprint density at radius 2 is 2.09 bits per heavy atom. The van der Waals surface area contributed by atoms with Gasteiger partial charge in [0.15, 0.2) is 17.3 Å². The maximum absolute atomic E-state index is 11.3. The summed E-state index contributed by atoms with van der Waals surface area (Å²) in [4.78, 5) is 19.8. The van der Waals surface area contributed by atoms with Gasteiger partial charge in [-0.05, 0) is 18.6 Å². The van der Waals surface area contributed by atoms with Crippen LogP contribution in [0.15, 0.2) is 18.3 Å². The molecule has 0 fully saturated rings. The second-order valence-corrected chi connectivity index (χ2v) is 5.00. The summed E-state index contributed by atoms with van der Waals surface area (Å²) in [6.45, 7) is 2.39. The van der Waals surface area contributed by atoms with E-state index in [-0.39, 0.29) is 19.2 Å². The minimum atomic E-state index is -0.108. The summed E-state index contributed by atoms with van der Waals surface area (Å²) in [5, 5.41) is 8.81. The third kappa shape index (κ3) is 2.14. The van der Waals surface area contributed by atoms with Crippen LogP contribution in [0.25, 0.3) is 0 Å². The van der Waals surface area contributed by atoms with E-state index < -0.39 is 0 Å². The molecule has 22 heavy (non-hydrogen) atoms. The standard InChI is InChI=1S/C14H13N5O3/c1-7-2-10-11(22-6-21-10)3-8(7)18-14-16-4-9-13(19-14)15-5-12(20)17-9/h2-4H,5-6H2,1H3,(H,17,20)(H2,15,16,18,19). The average molecular weight is 299 g/mol. The van der Waals surface area contributed by atoms with Crippen molar-refractivity contribution in [2.45, 2.75) is 6.92 Å².